The first-order valence-electron chi connectivity index (χ1n) is 6.12. The van der Waals surface area contributed by atoms with Gasteiger partial charge >= 0.3 is 0 Å². The largest absolute Gasteiger partial charge is 0.495 e. The molecule has 0 heterocycles. The molecule has 21 heavy (non-hydrogen) atoms. The van der Waals surface area contributed by atoms with Crippen LogP contribution in [0.4, 0.5) is 0 Å². The van der Waals surface area contributed by atoms with Crippen LogP contribution in [0.25, 0.3) is 0 Å². The van der Waals surface area contributed by atoms with Gasteiger partial charge in [0.05, 0.1) is 18.2 Å². The van der Waals surface area contributed by atoms with Crippen LogP contribution in [0.2, 0.25) is 5.02 Å². The highest BCUT2D eigenvalue weighted by Gasteiger charge is 2.07. The molecule has 2 rings (SSSR count). The SMILES string of the molecule is COc1ccc(COc2ccc(Cl)cc2C=O)cc1C#N. The van der Waals surface area contributed by atoms with E-state index in [1.807, 2.05) is 0 Å². The zero-order valence-corrected chi connectivity index (χ0v) is 12.1. The van der Waals surface area contributed by atoms with Crippen molar-refractivity contribution in [1.82, 2.24) is 0 Å². The Morgan fingerprint density at radius 2 is 2.00 bits per heavy atom. The predicted octanol–water partition coefficient (Wildman–Crippen LogP) is 3.61. The van der Waals surface area contributed by atoms with Gasteiger partial charge in [-0.05, 0) is 35.9 Å². The number of ether oxygens (including phenoxy) is 2. The van der Waals surface area contributed by atoms with E-state index in [1.54, 1.807) is 36.4 Å². The van der Waals surface area contributed by atoms with Crippen LogP contribution >= 0.6 is 11.6 Å². The van der Waals surface area contributed by atoms with Crippen molar-refractivity contribution in [3.63, 3.8) is 0 Å². The Hall–Kier alpha value is -2.51. The molecule has 0 radical (unpaired) electrons. The number of halogens is 1. The third-order valence-corrected chi connectivity index (χ3v) is 3.11. The molecule has 0 aliphatic heterocycles. The zero-order valence-electron chi connectivity index (χ0n) is 11.3. The highest BCUT2D eigenvalue weighted by Crippen LogP contribution is 2.24. The Morgan fingerprint density at radius 1 is 1.24 bits per heavy atom. The molecule has 0 atom stereocenters. The lowest BCUT2D eigenvalue weighted by Crippen LogP contribution is -1.99. The number of methoxy groups -OCH3 is 1. The molecule has 0 saturated carbocycles. The maximum atomic E-state index is 11.0. The van der Waals surface area contributed by atoms with Crippen LogP contribution in [0.15, 0.2) is 36.4 Å². The normalized spacial score (nSPS) is 9.76. The van der Waals surface area contributed by atoms with Crippen molar-refractivity contribution in [2.45, 2.75) is 6.61 Å². The number of carbonyl (C=O) groups excluding carboxylic acids is 1. The molecule has 0 aromatic heterocycles. The molecular weight excluding hydrogens is 290 g/mol. The lowest BCUT2D eigenvalue weighted by molar-refractivity contribution is 0.111. The van der Waals surface area contributed by atoms with Gasteiger partial charge in [0.2, 0.25) is 0 Å². The van der Waals surface area contributed by atoms with Crippen LogP contribution < -0.4 is 9.47 Å². The monoisotopic (exact) mass is 301 g/mol. The Bertz CT molecular complexity index is 707. The molecule has 5 heteroatoms. The molecule has 2 aromatic rings. The van der Waals surface area contributed by atoms with Gasteiger partial charge in [0.25, 0.3) is 0 Å². The van der Waals surface area contributed by atoms with Gasteiger partial charge in [-0.2, -0.15) is 5.26 Å². The van der Waals surface area contributed by atoms with E-state index < -0.39 is 0 Å². The van der Waals surface area contributed by atoms with E-state index in [4.69, 9.17) is 26.3 Å². The molecule has 0 unspecified atom stereocenters. The molecule has 0 N–H and O–H groups in total. The highest BCUT2D eigenvalue weighted by molar-refractivity contribution is 6.30. The molecule has 0 fully saturated rings. The smallest absolute Gasteiger partial charge is 0.153 e. The van der Waals surface area contributed by atoms with Crippen LogP contribution in [0.1, 0.15) is 21.5 Å². The van der Waals surface area contributed by atoms with Gasteiger partial charge in [0, 0.05) is 5.02 Å². The zero-order chi connectivity index (χ0) is 15.2. The average molecular weight is 302 g/mol. The quantitative estimate of drug-likeness (QED) is 0.792. The second-order valence-corrected chi connectivity index (χ2v) is 4.67. The summed E-state index contributed by atoms with van der Waals surface area (Å²) < 4.78 is 10.7. The summed E-state index contributed by atoms with van der Waals surface area (Å²) in [6, 6.07) is 12.1. The lowest BCUT2D eigenvalue weighted by atomic mass is 10.1. The molecule has 0 bridgehead atoms. The standard InChI is InChI=1S/C16H12ClNO3/c1-20-15-4-2-11(6-12(15)8-18)10-21-16-5-3-14(17)7-13(16)9-19/h2-7,9H,10H2,1H3. The summed E-state index contributed by atoms with van der Waals surface area (Å²) in [6.07, 6.45) is 0.690. The van der Waals surface area contributed by atoms with E-state index in [-0.39, 0.29) is 6.61 Å². The van der Waals surface area contributed by atoms with Gasteiger partial charge in [0.1, 0.15) is 24.2 Å². The molecule has 2 aromatic carbocycles. The first-order valence-corrected chi connectivity index (χ1v) is 6.50. The minimum atomic E-state index is 0.237. The van der Waals surface area contributed by atoms with Crippen molar-refractivity contribution in [3.8, 4) is 17.6 Å². The van der Waals surface area contributed by atoms with E-state index in [1.165, 1.54) is 7.11 Å². The summed E-state index contributed by atoms with van der Waals surface area (Å²) in [5.41, 5.74) is 1.63. The summed E-state index contributed by atoms with van der Waals surface area (Å²) >= 11 is 5.82. The third kappa shape index (κ3) is 3.53. The molecular formula is C16H12ClNO3. The summed E-state index contributed by atoms with van der Waals surface area (Å²) in [4.78, 5) is 11.0. The number of hydrogen-bond donors (Lipinski definition) is 0. The molecule has 0 saturated heterocycles. The van der Waals surface area contributed by atoms with Crippen molar-refractivity contribution in [2.75, 3.05) is 7.11 Å². The van der Waals surface area contributed by atoms with Crippen molar-refractivity contribution in [2.24, 2.45) is 0 Å². The maximum Gasteiger partial charge on any atom is 0.153 e. The topological polar surface area (TPSA) is 59.3 Å². The predicted molar refractivity (Wildman–Crippen MR) is 78.9 cm³/mol. The van der Waals surface area contributed by atoms with E-state index in [9.17, 15) is 4.79 Å². The summed E-state index contributed by atoms with van der Waals surface area (Å²) in [6.45, 7) is 0.237. The minimum absolute atomic E-state index is 0.237. The number of hydrogen-bond acceptors (Lipinski definition) is 4. The number of aldehydes is 1. The second kappa shape index (κ2) is 6.78. The summed E-state index contributed by atoms with van der Waals surface area (Å²) in [5.74, 6) is 0.963. The molecule has 4 nitrogen and oxygen atoms in total. The average Bonchev–Trinajstić information content (AvgIpc) is 2.53. The van der Waals surface area contributed by atoms with E-state index >= 15 is 0 Å². The molecule has 0 spiro atoms. The first kappa shape index (κ1) is 14.9. The minimum Gasteiger partial charge on any atom is -0.495 e. The number of carbonyl (C=O) groups is 1. The van der Waals surface area contributed by atoms with E-state index in [2.05, 4.69) is 6.07 Å². The van der Waals surface area contributed by atoms with Crippen LogP contribution in [0, 0.1) is 11.3 Å². The fourth-order valence-corrected chi connectivity index (χ4v) is 2.02. The van der Waals surface area contributed by atoms with Crippen molar-refractivity contribution in [3.05, 3.63) is 58.1 Å². The number of nitriles is 1. The number of nitrogens with zero attached hydrogens (tertiary/aromatic N) is 1. The molecule has 0 amide bonds. The number of benzene rings is 2. The van der Waals surface area contributed by atoms with Crippen LogP contribution in [-0.4, -0.2) is 13.4 Å². The van der Waals surface area contributed by atoms with Gasteiger partial charge in [-0.3, -0.25) is 4.79 Å². The lowest BCUT2D eigenvalue weighted by Gasteiger charge is -2.10. The fourth-order valence-electron chi connectivity index (χ4n) is 1.84. The van der Waals surface area contributed by atoms with Crippen molar-refractivity contribution in [1.29, 1.82) is 5.26 Å². The van der Waals surface area contributed by atoms with Crippen LogP contribution in [0.3, 0.4) is 0 Å². The molecule has 0 aliphatic rings. The summed E-state index contributed by atoms with van der Waals surface area (Å²) in [5, 5.41) is 9.51. The molecule has 0 aliphatic carbocycles. The van der Waals surface area contributed by atoms with Gasteiger partial charge in [-0.15, -0.1) is 0 Å². The maximum absolute atomic E-state index is 11.0. The summed E-state index contributed by atoms with van der Waals surface area (Å²) in [7, 11) is 1.51. The van der Waals surface area contributed by atoms with Gasteiger partial charge in [-0.1, -0.05) is 17.7 Å². The second-order valence-electron chi connectivity index (χ2n) is 4.24. The van der Waals surface area contributed by atoms with Crippen molar-refractivity contribution >= 4 is 17.9 Å². The Balaban J connectivity index is 2.17. The first-order chi connectivity index (χ1) is 10.2. The van der Waals surface area contributed by atoms with Gasteiger partial charge in [-0.25, -0.2) is 0 Å². The van der Waals surface area contributed by atoms with Crippen LogP contribution in [0.5, 0.6) is 11.5 Å². The Morgan fingerprint density at radius 3 is 2.67 bits per heavy atom. The number of rotatable bonds is 5. The van der Waals surface area contributed by atoms with Crippen molar-refractivity contribution < 1.29 is 14.3 Å². The van der Waals surface area contributed by atoms with E-state index in [0.29, 0.717) is 33.9 Å². The molecule has 106 valence electrons. The fraction of sp³-hybridized carbons (Fsp3) is 0.125. The van der Waals surface area contributed by atoms with Gasteiger partial charge in [0.15, 0.2) is 6.29 Å². The highest BCUT2D eigenvalue weighted by atomic mass is 35.5. The third-order valence-electron chi connectivity index (χ3n) is 2.88. The van der Waals surface area contributed by atoms with E-state index in [0.717, 1.165) is 5.56 Å². The van der Waals surface area contributed by atoms with Crippen LogP contribution in [-0.2, 0) is 6.61 Å². The Labute approximate surface area is 127 Å². The van der Waals surface area contributed by atoms with Gasteiger partial charge < -0.3 is 9.47 Å². The Kier molecular flexibility index (Phi) is 4.81.